The van der Waals surface area contributed by atoms with Gasteiger partial charge in [0, 0.05) is 11.8 Å². The van der Waals surface area contributed by atoms with Crippen molar-refractivity contribution in [3.63, 3.8) is 0 Å². The minimum Gasteiger partial charge on any atom is -0.497 e. The third-order valence-electron chi connectivity index (χ3n) is 3.02. The number of nitrogens with two attached hydrogens (primary N) is 1. The van der Waals surface area contributed by atoms with Crippen molar-refractivity contribution in [3.05, 3.63) is 24.3 Å². The highest BCUT2D eigenvalue weighted by Crippen LogP contribution is 2.29. The summed E-state index contributed by atoms with van der Waals surface area (Å²) in [5, 5.41) is 4.76. The van der Waals surface area contributed by atoms with Gasteiger partial charge in [0.1, 0.15) is 5.75 Å². The number of thioether (sulfide) groups is 1. The summed E-state index contributed by atoms with van der Waals surface area (Å²) < 4.78 is 6.43. The highest BCUT2D eigenvalue weighted by Gasteiger charge is 2.22. The van der Waals surface area contributed by atoms with Gasteiger partial charge in [-0.3, -0.25) is 0 Å². The van der Waals surface area contributed by atoms with E-state index in [0.29, 0.717) is 16.6 Å². The van der Waals surface area contributed by atoms with Crippen molar-refractivity contribution in [1.82, 2.24) is 14.2 Å². The number of anilines is 2. The van der Waals surface area contributed by atoms with Crippen LogP contribution in [0.15, 0.2) is 29.4 Å². The van der Waals surface area contributed by atoms with E-state index in [1.54, 1.807) is 31.4 Å². The molecule has 9 heteroatoms. The second-order valence-corrected chi connectivity index (χ2v) is 6.10. The molecule has 0 fully saturated rings. The zero-order chi connectivity index (χ0) is 16.8. The standard InChI is InChI=1S/C14H19N5O2S2/c1-3-4-8-23-13-16-14(19(22)17-13)18(12(15)20)10-6-5-7-11(9-10)21-2/h5-7,9,22H,3-4,8H2,1-2H3,(H2,15,20). The number of nitrogens with zero attached hydrogens (tertiary/aromatic N) is 4. The summed E-state index contributed by atoms with van der Waals surface area (Å²) in [6, 6.07) is 6.29. The number of carbonyl (C=O) groups is 1. The highest BCUT2D eigenvalue weighted by atomic mass is 32.2. The van der Waals surface area contributed by atoms with E-state index in [0.717, 1.165) is 18.6 Å². The van der Waals surface area contributed by atoms with E-state index in [9.17, 15) is 4.79 Å². The van der Waals surface area contributed by atoms with E-state index < -0.39 is 6.03 Å². The van der Waals surface area contributed by atoms with E-state index in [2.05, 4.69) is 29.8 Å². The van der Waals surface area contributed by atoms with Crippen LogP contribution in [0.5, 0.6) is 5.75 Å². The number of ether oxygens (including phenoxy) is 1. The van der Waals surface area contributed by atoms with E-state index in [1.807, 2.05) is 0 Å². The van der Waals surface area contributed by atoms with Gasteiger partial charge in [-0.1, -0.05) is 31.2 Å². The molecule has 0 saturated carbocycles. The Balaban J connectivity index is 2.32. The molecule has 2 N–H and O–H groups in total. The van der Waals surface area contributed by atoms with Crippen molar-refractivity contribution >= 4 is 42.2 Å². The number of carbonyl (C=O) groups excluding carboxylic acids is 1. The molecule has 0 bridgehead atoms. The highest BCUT2D eigenvalue weighted by molar-refractivity contribution is 7.99. The molecule has 0 aliphatic rings. The van der Waals surface area contributed by atoms with Gasteiger partial charge >= 0.3 is 6.03 Å². The number of methoxy groups -OCH3 is 1. The summed E-state index contributed by atoms with van der Waals surface area (Å²) in [6.45, 7) is 2.12. The lowest BCUT2D eigenvalue weighted by Gasteiger charge is -2.18. The van der Waals surface area contributed by atoms with Gasteiger partial charge in [0.05, 0.1) is 12.8 Å². The Kier molecular flexibility index (Phi) is 6.17. The molecule has 2 rings (SSSR count). The topological polar surface area (TPSA) is 86.3 Å². The molecule has 23 heavy (non-hydrogen) atoms. The molecule has 124 valence electrons. The fourth-order valence-corrected chi connectivity index (χ4v) is 3.06. The van der Waals surface area contributed by atoms with Crippen molar-refractivity contribution in [2.75, 3.05) is 17.8 Å². The molecule has 0 spiro atoms. The Morgan fingerprint density at radius 1 is 1.52 bits per heavy atom. The van der Waals surface area contributed by atoms with Crippen LogP contribution in [-0.4, -0.2) is 33.1 Å². The number of rotatable bonds is 7. The lowest BCUT2D eigenvalue weighted by atomic mass is 10.3. The molecule has 1 aromatic carbocycles. The minimum atomic E-state index is -0.675. The number of aromatic nitrogens is 3. The van der Waals surface area contributed by atoms with Crippen LogP contribution < -0.4 is 15.4 Å². The van der Waals surface area contributed by atoms with E-state index in [4.69, 9.17) is 10.5 Å². The largest absolute Gasteiger partial charge is 0.497 e. The maximum absolute atomic E-state index is 11.9. The van der Waals surface area contributed by atoms with Crippen LogP contribution in [0.1, 0.15) is 19.8 Å². The predicted octanol–water partition coefficient (Wildman–Crippen LogP) is 3.09. The molecule has 0 atom stereocenters. The molecule has 0 radical (unpaired) electrons. The van der Waals surface area contributed by atoms with Gasteiger partial charge in [0.25, 0.3) is 0 Å². The van der Waals surface area contributed by atoms with Crippen molar-refractivity contribution in [3.8, 4) is 5.75 Å². The Morgan fingerprint density at radius 2 is 2.30 bits per heavy atom. The van der Waals surface area contributed by atoms with Gasteiger partial charge in [-0.15, -0.1) is 5.10 Å². The Bertz CT molecular complexity index is 677. The van der Waals surface area contributed by atoms with Gasteiger partial charge in [-0.25, -0.2) is 9.69 Å². The zero-order valence-corrected chi connectivity index (χ0v) is 14.7. The zero-order valence-electron chi connectivity index (χ0n) is 13.0. The third-order valence-corrected chi connectivity index (χ3v) is 4.21. The van der Waals surface area contributed by atoms with Gasteiger partial charge in [0.2, 0.25) is 11.1 Å². The van der Waals surface area contributed by atoms with Crippen LogP contribution in [0.2, 0.25) is 0 Å². The molecule has 7 nitrogen and oxygen atoms in total. The molecule has 1 aromatic heterocycles. The average Bonchev–Trinajstić information content (AvgIpc) is 2.88. The quantitative estimate of drug-likeness (QED) is 0.454. The van der Waals surface area contributed by atoms with Crippen LogP contribution in [0.4, 0.5) is 16.4 Å². The summed E-state index contributed by atoms with van der Waals surface area (Å²) in [5.74, 6) is 1.76. The van der Waals surface area contributed by atoms with Crippen LogP contribution in [-0.2, 0) is 0 Å². The fraction of sp³-hybridized carbons (Fsp3) is 0.357. The number of hydrogen-bond donors (Lipinski definition) is 2. The normalized spacial score (nSPS) is 10.6. The molecule has 0 unspecified atom stereocenters. The lowest BCUT2D eigenvalue weighted by molar-refractivity contribution is 0.255. The van der Waals surface area contributed by atoms with Crippen molar-refractivity contribution in [2.24, 2.45) is 5.73 Å². The first-order valence-electron chi connectivity index (χ1n) is 7.09. The first-order valence-corrected chi connectivity index (χ1v) is 8.48. The van der Waals surface area contributed by atoms with Crippen LogP contribution >= 0.6 is 24.6 Å². The van der Waals surface area contributed by atoms with Crippen LogP contribution in [0.25, 0.3) is 0 Å². The van der Waals surface area contributed by atoms with Gasteiger partial charge < -0.3 is 10.5 Å². The molecule has 0 aliphatic carbocycles. The van der Waals surface area contributed by atoms with Crippen molar-refractivity contribution < 1.29 is 9.53 Å². The van der Waals surface area contributed by atoms with E-state index in [-0.39, 0.29) is 5.95 Å². The summed E-state index contributed by atoms with van der Waals surface area (Å²) in [5.41, 5.74) is 6.05. The molecule has 2 amide bonds. The summed E-state index contributed by atoms with van der Waals surface area (Å²) in [7, 11) is 1.55. The molecule has 2 aromatic rings. The second-order valence-electron chi connectivity index (χ2n) is 4.66. The molecule has 0 saturated heterocycles. The van der Waals surface area contributed by atoms with E-state index >= 15 is 0 Å². The summed E-state index contributed by atoms with van der Waals surface area (Å²) in [4.78, 5) is 17.5. The maximum atomic E-state index is 11.9. The smallest absolute Gasteiger partial charge is 0.326 e. The molecular formula is C14H19N5O2S2. The minimum absolute atomic E-state index is 0.244. The number of urea groups is 1. The predicted molar refractivity (Wildman–Crippen MR) is 94.8 cm³/mol. The Labute approximate surface area is 144 Å². The summed E-state index contributed by atoms with van der Waals surface area (Å²) >= 11 is 5.76. The maximum Gasteiger partial charge on any atom is 0.326 e. The fourth-order valence-electron chi connectivity index (χ4n) is 1.88. The Morgan fingerprint density at radius 3 is 2.96 bits per heavy atom. The van der Waals surface area contributed by atoms with Gasteiger partial charge in [-0.05, 0) is 31.4 Å². The number of unbranched alkanes of at least 4 members (excludes halogenated alkanes) is 1. The van der Waals surface area contributed by atoms with Crippen molar-refractivity contribution in [2.45, 2.75) is 24.9 Å². The van der Waals surface area contributed by atoms with Crippen LogP contribution in [0, 0.1) is 0 Å². The number of thiol groups is 1. The van der Waals surface area contributed by atoms with Crippen molar-refractivity contribution in [1.29, 1.82) is 0 Å². The first kappa shape index (κ1) is 17.5. The lowest BCUT2D eigenvalue weighted by Crippen LogP contribution is -2.33. The molecule has 1 heterocycles. The Hall–Kier alpha value is -1.87. The monoisotopic (exact) mass is 353 g/mol. The number of amides is 2. The van der Waals surface area contributed by atoms with Crippen LogP contribution in [0.3, 0.4) is 0 Å². The number of hydrogen-bond acceptors (Lipinski definition) is 6. The first-order chi connectivity index (χ1) is 11.1. The third kappa shape index (κ3) is 4.32. The van der Waals surface area contributed by atoms with Gasteiger partial charge in [-0.2, -0.15) is 9.07 Å². The molecular weight excluding hydrogens is 334 g/mol. The molecule has 0 aliphatic heterocycles. The number of benzene rings is 1. The summed E-state index contributed by atoms with van der Waals surface area (Å²) in [6.07, 6.45) is 2.16. The number of primary amides is 1. The SMILES string of the molecule is CCCCSc1nc(N(C(N)=O)c2cccc(OC)c2)n(S)n1. The van der Waals surface area contributed by atoms with Gasteiger partial charge in [0.15, 0.2) is 0 Å². The second kappa shape index (κ2) is 8.11. The van der Waals surface area contributed by atoms with E-state index in [1.165, 1.54) is 20.7 Å². The average molecular weight is 353 g/mol.